The van der Waals surface area contributed by atoms with Crippen molar-refractivity contribution in [1.82, 2.24) is 0 Å². The molecular formula is C18H19ClINO2. The lowest BCUT2D eigenvalue weighted by Gasteiger charge is -2.13. The molecule has 0 unspecified atom stereocenters. The molecule has 2 rings (SSSR count). The minimum atomic E-state index is 0.588. The average molecular weight is 444 g/mol. The third-order valence-electron chi connectivity index (χ3n) is 3.14. The summed E-state index contributed by atoms with van der Waals surface area (Å²) in [5.74, 6) is 1.52. The van der Waals surface area contributed by atoms with E-state index in [9.17, 15) is 0 Å². The lowest BCUT2D eigenvalue weighted by molar-refractivity contribution is 0.286. The third kappa shape index (κ3) is 4.85. The molecule has 23 heavy (non-hydrogen) atoms. The molecule has 0 saturated heterocycles. The third-order valence-corrected chi connectivity index (χ3v) is 4.35. The summed E-state index contributed by atoms with van der Waals surface area (Å²) in [6.07, 6.45) is 1.81. The summed E-state index contributed by atoms with van der Waals surface area (Å²) in [5.41, 5.74) is 2.82. The number of halogens is 2. The highest BCUT2D eigenvalue weighted by Gasteiger charge is 2.11. The summed E-state index contributed by atoms with van der Waals surface area (Å²) < 4.78 is 12.4. The molecule has 0 aliphatic heterocycles. The number of hydrogen-bond donors (Lipinski definition) is 0. The highest BCUT2D eigenvalue weighted by molar-refractivity contribution is 14.1. The van der Waals surface area contributed by atoms with Crippen LogP contribution in [-0.4, -0.2) is 19.4 Å². The maximum atomic E-state index is 6.13. The van der Waals surface area contributed by atoms with Crippen molar-refractivity contribution in [1.29, 1.82) is 0 Å². The lowest BCUT2D eigenvalue weighted by Crippen LogP contribution is -2.01. The number of rotatable bonds is 6. The Morgan fingerprint density at radius 3 is 2.52 bits per heavy atom. The Hall–Kier alpha value is -1.27. The predicted octanol–water partition coefficient (Wildman–Crippen LogP) is 5.80. The molecule has 0 spiro atoms. The summed E-state index contributed by atoms with van der Waals surface area (Å²) in [5, 5.41) is 0.718. The summed E-state index contributed by atoms with van der Waals surface area (Å²) >= 11 is 8.38. The van der Waals surface area contributed by atoms with Gasteiger partial charge in [-0.05, 0) is 78.8 Å². The molecule has 0 aliphatic carbocycles. The number of nitrogens with zero attached hydrogens (tertiary/aromatic N) is 1. The smallest absolute Gasteiger partial charge is 0.174 e. The van der Waals surface area contributed by atoms with Crippen molar-refractivity contribution in [2.75, 3.05) is 13.2 Å². The van der Waals surface area contributed by atoms with Gasteiger partial charge in [-0.3, -0.25) is 4.99 Å². The van der Waals surface area contributed by atoms with Crippen LogP contribution >= 0.6 is 34.2 Å². The highest BCUT2D eigenvalue weighted by atomic mass is 127. The summed E-state index contributed by atoms with van der Waals surface area (Å²) in [4.78, 5) is 4.49. The molecule has 0 atom stereocenters. The van der Waals surface area contributed by atoms with Gasteiger partial charge in [0.2, 0.25) is 0 Å². The first-order chi connectivity index (χ1) is 11.0. The first-order valence-corrected chi connectivity index (χ1v) is 8.90. The molecule has 0 amide bonds. The van der Waals surface area contributed by atoms with Crippen LogP contribution in [0.3, 0.4) is 0 Å². The van der Waals surface area contributed by atoms with Gasteiger partial charge in [-0.2, -0.15) is 0 Å². The van der Waals surface area contributed by atoms with E-state index in [-0.39, 0.29) is 0 Å². The molecule has 0 N–H and O–H groups in total. The molecule has 0 saturated carbocycles. The lowest BCUT2D eigenvalue weighted by atomic mass is 10.2. The van der Waals surface area contributed by atoms with E-state index in [1.165, 1.54) is 0 Å². The van der Waals surface area contributed by atoms with Gasteiger partial charge in [0.1, 0.15) is 0 Å². The zero-order valence-electron chi connectivity index (χ0n) is 13.4. The fourth-order valence-electron chi connectivity index (χ4n) is 2.02. The molecule has 0 radical (unpaired) electrons. The van der Waals surface area contributed by atoms with Crippen molar-refractivity contribution >= 4 is 46.1 Å². The summed E-state index contributed by atoms with van der Waals surface area (Å²) in [6, 6.07) is 9.73. The summed E-state index contributed by atoms with van der Waals surface area (Å²) in [7, 11) is 0. The van der Waals surface area contributed by atoms with Crippen molar-refractivity contribution in [3.63, 3.8) is 0 Å². The molecule has 0 bridgehead atoms. The topological polar surface area (TPSA) is 30.8 Å². The van der Waals surface area contributed by atoms with Gasteiger partial charge in [-0.25, -0.2) is 0 Å². The fourth-order valence-corrected chi connectivity index (χ4v) is 2.98. The van der Waals surface area contributed by atoms with E-state index in [1.807, 2.05) is 51.1 Å². The second-order valence-corrected chi connectivity index (χ2v) is 6.46. The molecular weight excluding hydrogens is 425 g/mol. The van der Waals surface area contributed by atoms with Crippen molar-refractivity contribution in [2.24, 2.45) is 4.99 Å². The Labute approximate surface area is 155 Å². The van der Waals surface area contributed by atoms with Gasteiger partial charge < -0.3 is 9.47 Å². The molecule has 5 heteroatoms. The van der Waals surface area contributed by atoms with Crippen LogP contribution in [0.1, 0.15) is 25.0 Å². The van der Waals surface area contributed by atoms with Gasteiger partial charge in [-0.15, -0.1) is 0 Å². The van der Waals surface area contributed by atoms with Crippen LogP contribution in [0.5, 0.6) is 11.5 Å². The van der Waals surface area contributed by atoms with E-state index in [2.05, 4.69) is 27.6 Å². The van der Waals surface area contributed by atoms with Gasteiger partial charge in [0.15, 0.2) is 11.5 Å². The molecule has 0 fully saturated rings. The van der Waals surface area contributed by atoms with Crippen LogP contribution in [0.15, 0.2) is 35.3 Å². The van der Waals surface area contributed by atoms with Crippen LogP contribution in [0.2, 0.25) is 5.02 Å². The maximum absolute atomic E-state index is 6.13. The largest absolute Gasteiger partial charge is 0.490 e. The van der Waals surface area contributed by atoms with Gasteiger partial charge in [-0.1, -0.05) is 17.7 Å². The van der Waals surface area contributed by atoms with Crippen molar-refractivity contribution < 1.29 is 9.47 Å². The average Bonchev–Trinajstić information content (AvgIpc) is 2.52. The Morgan fingerprint density at radius 2 is 1.87 bits per heavy atom. The normalized spacial score (nSPS) is 11.0. The molecule has 0 heterocycles. The van der Waals surface area contributed by atoms with E-state index < -0.39 is 0 Å². The number of aryl methyl sites for hydroxylation is 1. The predicted molar refractivity (Wildman–Crippen MR) is 105 cm³/mol. The maximum Gasteiger partial charge on any atom is 0.174 e. The number of aliphatic imine (C=N–C) groups is 1. The molecule has 0 aromatic heterocycles. The van der Waals surface area contributed by atoms with Crippen molar-refractivity contribution in [2.45, 2.75) is 20.8 Å². The SMILES string of the molecule is CCOc1cc(C=Nc2ccc(C)c(Cl)c2)cc(I)c1OCC. The Kier molecular flexibility index (Phi) is 6.72. The van der Waals surface area contributed by atoms with Crippen LogP contribution in [0.25, 0.3) is 0 Å². The Bertz CT molecular complexity index is 716. The van der Waals surface area contributed by atoms with E-state index in [0.29, 0.717) is 13.2 Å². The Balaban J connectivity index is 2.31. The summed E-state index contributed by atoms with van der Waals surface area (Å²) in [6.45, 7) is 7.08. The van der Waals surface area contributed by atoms with E-state index in [0.717, 1.165) is 36.9 Å². The fraction of sp³-hybridized carbons (Fsp3) is 0.278. The van der Waals surface area contributed by atoms with Gasteiger partial charge in [0.25, 0.3) is 0 Å². The quantitative estimate of drug-likeness (QED) is 0.417. The molecule has 122 valence electrons. The van der Waals surface area contributed by atoms with E-state index >= 15 is 0 Å². The molecule has 3 nitrogen and oxygen atoms in total. The van der Waals surface area contributed by atoms with E-state index in [1.54, 1.807) is 6.21 Å². The van der Waals surface area contributed by atoms with Crippen LogP contribution < -0.4 is 9.47 Å². The molecule has 0 aliphatic rings. The first kappa shape index (κ1) is 18.1. The monoisotopic (exact) mass is 443 g/mol. The zero-order chi connectivity index (χ0) is 16.8. The standard InChI is InChI=1S/C18H19ClINO2/c1-4-22-17-9-13(8-16(20)18(17)23-5-2)11-21-14-7-6-12(3)15(19)10-14/h6-11H,4-5H2,1-3H3. The minimum Gasteiger partial charge on any atom is -0.490 e. The van der Waals surface area contributed by atoms with E-state index in [4.69, 9.17) is 21.1 Å². The van der Waals surface area contributed by atoms with Gasteiger partial charge in [0.05, 0.1) is 22.5 Å². The Morgan fingerprint density at radius 1 is 1.13 bits per heavy atom. The van der Waals surface area contributed by atoms with Crippen LogP contribution in [-0.2, 0) is 0 Å². The number of ether oxygens (including phenoxy) is 2. The van der Waals surface area contributed by atoms with Crippen LogP contribution in [0, 0.1) is 10.5 Å². The zero-order valence-corrected chi connectivity index (χ0v) is 16.3. The van der Waals surface area contributed by atoms with Gasteiger partial charge >= 0.3 is 0 Å². The number of hydrogen-bond acceptors (Lipinski definition) is 3. The highest BCUT2D eigenvalue weighted by Crippen LogP contribution is 2.34. The minimum absolute atomic E-state index is 0.588. The first-order valence-electron chi connectivity index (χ1n) is 7.44. The molecule has 2 aromatic rings. The van der Waals surface area contributed by atoms with Crippen molar-refractivity contribution in [3.05, 3.63) is 50.1 Å². The van der Waals surface area contributed by atoms with Gasteiger partial charge in [0, 0.05) is 11.2 Å². The van der Waals surface area contributed by atoms with Crippen LogP contribution in [0.4, 0.5) is 5.69 Å². The van der Waals surface area contributed by atoms with Crippen molar-refractivity contribution in [3.8, 4) is 11.5 Å². The second-order valence-electron chi connectivity index (χ2n) is 4.89. The molecule has 2 aromatic carbocycles. The number of benzene rings is 2. The second kappa shape index (κ2) is 8.55.